The SMILES string of the molecule is CC(C)(C)OC(=O)N1CCCCC1.O=S(=O)(O)C(F)(F)C(F)(F)C(F)(F)S(=O)(=O)N1CCNCC1.c1ccc([S+](c2ccccc2)c2ccccc2)cc1. The lowest BCUT2D eigenvalue weighted by atomic mass is 10.1. The number of nitrogens with one attached hydrogen (secondary N) is 1. The molecule has 2 heterocycles. The largest absolute Gasteiger partial charge is 0.444 e. The summed E-state index contributed by atoms with van der Waals surface area (Å²) in [6.45, 7) is 5.60. The molecule has 2 fully saturated rings. The number of likely N-dealkylation sites (tertiary alicyclic amines) is 1. The van der Waals surface area contributed by atoms with E-state index in [-0.39, 0.29) is 40.0 Å². The number of nitrogens with zero attached hydrogens (tertiary/aromatic N) is 2. The Labute approximate surface area is 315 Å². The second-order valence-corrected chi connectivity index (χ2v) is 18.5. The zero-order valence-electron chi connectivity index (χ0n) is 29.8. The molecule has 1 amide bonds. The Balaban J connectivity index is 0.000000225. The van der Waals surface area contributed by atoms with Crippen LogP contribution in [0.1, 0.15) is 40.0 Å². The van der Waals surface area contributed by atoms with E-state index in [0.29, 0.717) is 0 Å². The van der Waals surface area contributed by atoms with Crippen molar-refractivity contribution in [1.29, 1.82) is 0 Å². The third kappa shape index (κ3) is 11.1. The Morgan fingerprint density at radius 1 is 0.667 bits per heavy atom. The number of ether oxygens (including phenoxy) is 1. The fourth-order valence-corrected chi connectivity index (χ4v) is 9.08. The van der Waals surface area contributed by atoms with Gasteiger partial charge < -0.3 is 15.0 Å². The summed E-state index contributed by atoms with van der Waals surface area (Å²) in [5, 5.41) is -10.7. The van der Waals surface area contributed by atoms with E-state index in [9.17, 15) is 48.0 Å². The van der Waals surface area contributed by atoms with Gasteiger partial charge in [0.15, 0.2) is 14.7 Å². The molecule has 0 aliphatic carbocycles. The summed E-state index contributed by atoms with van der Waals surface area (Å²) in [7, 11) is -13.3. The Hall–Kier alpha value is -3.36. The number of hydrogen-bond donors (Lipinski definition) is 2. The van der Waals surface area contributed by atoms with E-state index in [2.05, 4.69) is 96.3 Å². The molecule has 2 saturated heterocycles. The number of benzene rings is 3. The maximum absolute atomic E-state index is 13.5. The normalized spacial score (nSPS) is 16.4. The average molecular weight is 829 g/mol. The minimum Gasteiger partial charge on any atom is -0.444 e. The van der Waals surface area contributed by atoms with Gasteiger partial charge in [0.25, 0.3) is 10.0 Å². The third-order valence-electron chi connectivity index (χ3n) is 7.74. The van der Waals surface area contributed by atoms with Gasteiger partial charge in [0.2, 0.25) is 0 Å². The van der Waals surface area contributed by atoms with Crippen LogP contribution in [-0.2, 0) is 35.8 Å². The highest BCUT2D eigenvalue weighted by atomic mass is 32.2. The van der Waals surface area contributed by atoms with E-state index in [1.807, 2.05) is 20.8 Å². The van der Waals surface area contributed by atoms with Crippen LogP contribution in [-0.4, -0.2) is 98.0 Å². The van der Waals surface area contributed by atoms with Crippen molar-refractivity contribution in [2.24, 2.45) is 0 Å². The second-order valence-electron chi connectivity index (χ2n) is 13.0. The number of halogens is 6. The molecule has 300 valence electrons. The van der Waals surface area contributed by atoms with Gasteiger partial charge in [-0.25, -0.2) is 13.2 Å². The third-order valence-corrected chi connectivity index (χ3v) is 12.8. The number of carbonyl (C=O) groups is 1. The van der Waals surface area contributed by atoms with Crippen LogP contribution in [0.4, 0.5) is 31.1 Å². The number of carbonyl (C=O) groups excluding carboxylic acids is 1. The molecule has 0 bridgehead atoms. The van der Waals surface area contributed by atoms with E-state index in [4.69, 9.17) is 9.29 Å². The van der Waals surface area contributed by atoms with Crippen molar-refractivity contribution in [1.82, 2.24) is 14.5 Å². The molecule has 0 spiro atoms. The maximum atomic E-state index is 13.5. The number of piperidine rings is 1. The number of hydrogen-bond acceptors (Lipinski definition) is 7. The molecule has 5 rings (SSSR count). The van der Waals surface area contributed by atoms with Crippen LogP contribution in [0.25, 0.3) is 0 Å². The second kappa shape index (κ2) is 18.5. The summed E-state index contributed by atoms with van der Waals surface area (Å²) in [4.78, 5) is 17.4. The first-order valence-electron chi connectivity index (χ1n) is 16.7. The predicted molar refractivity (Wildman–Crippen MR) is 193 cm³/mol. The lowest BCUT2D eigenvalue weighted by molar-refractivity contribution is -0.246. The number of rotatable bonds is 8. The van der Waals surface area contributed by atoms with Crippen LogP contribution < -0.4 is 5.32 Å². The molecule has 54 heavy (non-hydrogen) atoms. The van der Waals surface area contributed by atoms with E-state index in [1.54, 1.807) is 4.90 Å². The van der Waals surface area contributed by atoms with Crippen LogP contribution in [0.2, 0.25) is 0 Å². The Morgan fingerprint density at radius 3 is 1.41 bits per heavy atom. The molecule has 0 aromatic heterocycles. The molecule has 0 radical (unpaired) electrons. The molecule has 10 nitrogen and oxygen atoms in total. The molecule has 0 atom stereocenters. The summed E-state index contributed by atoms with van der Waals surface area (Å²) in [6, 6.07) is 32.2. The molecular weight excluding hydrogens is 785 g/mol. The highest BCUT2D eigenvalue weighted by Crippen LogP contribution is 2.51. The van der Waals surface area contributed by atoms with Crippen LogP contribution in [0.3, 0.4) is 0 Å². The number of amides is 1. The van der Waals surface area contributed by atoms with Gasteiger partial charge in [0.1, 0.15) is 5.60 Å². The number of sulfonamides is 1. The van der Waals surface area contributed by atoms with Crippen LogP contribution in [0.15, 0.2) is 106 Å². The molecule has 19 heteroatoms. The van der Waals surface area contributed by atoms with Crippen molar-refractivity contribution in [2.75, 3.05) is 39.3 Å². The molecule has 3 aromatic rings. The van der Waals surface area contributed by atoms with Crippen molar-refractivity contribution in [3.05, 3.63) is 91.0 Å². The van der Waals surface area contributed by atoms with Gasteiger partial charge in [0, 0.05) is 39.3 Å². The number of piperazine rings is 1. The van der Waals surface area contributed by atoms with Crippen LogP contribution >= 0.6 is 0 Å². The summed E-state index contributed by atoms with van der Waals surface area (Å²) < 4.78 is 136. The Kier molecular flexibility index (Phi) is 15.4. The first-order valence-corrected chi connectivity index (χ1v) is 20.8. The van der Waals surface area contributed by atoms with Crippen molar-refractivity contribution < 1.29 is 57.3 Å². The molecule has 3 aromatic carbocycles. The van der Waals surface area contributed by atoms with Crippen molar-refractivity contribution >= 4 is 37.1 Å². The fourth-order valence-electron chi connectivity index (χ4n) is 5.02. The smallest absolute Gasteiger partial charge is 0.439 e. The predicted octanol–water partition coefficient (Wildman–Crippen LogP) is 7.12. The topological polar surface area (TPSA) is 133 Å². The first-order chi connectivity index (χ1) is 25.0. The molecule has 2 aliphatic rings. The van der Waals surface area contributed by atoms with Crippen LogP contribution in [0.5, 0.6) is 0 Å². The summed E-state index contributed by atoms with van der Waals surface area (Å²) in [5.74, 6) is -6.89. The van der Waals surface area contributed by atoms with Gasteiger partial charge in [-0.1, -0.05) is 54.6 Å². The Bertz CT molecular complexity index is 1750. The van der Waals surface area contributed by atoms with Gasteiger partial charge in [-0.15, -0.1) is 0 Å². The first kappa shape index (κ1) is 45.0. The van der Waals surface area contributed by atoms with Crippen molar-refractivity contribution in [2.45, 2.75) is 76.8 Å². The molecular formula is C35H44F6N3O7S3+. The standard InChI is InChI=1S/C18H15S.C10H19NO2.C7H10F6N2O5S2/c1-4-10-16(11-5-1)19(17-12-6-2-7-13-17)18-14-8-3-9-15-18;1-10(2,3)13-9(12)11-7-5-4-6-8-11;8-5(9,7(12,13)22(18,19)20)6(10,11)21(16,17)15-3-1-14-2-4-15/h1-15H;4-8H2,1-3H3;14H,1-4H2,(H,18,19,20)/q+1;;. The molecule has 0 saturated carbocycles. The zero-order chi connectivity index (χ0) is 40.4. The number of alkyl halides is 6. The van der Waals surface area contributed by atoms with E-state index < -0.39 is 49.7 Å². The molecule has 2 N–H and O–H groups in total. The van der Waals surface area contributed by atoms with Crippen molar-refractivity contribution in [3.63, 3.8) is 0 Å². The molecule has 2 aliphatic heterocycles. The van der Waals surface area contributed by atoms with Gasteiger partial charge in [0.05, 0.1) is 10.9 Å². The molecule has 0 unspecified atom stereocenters. The summed E-state index contributed by atoms with van der Waals surface area (Å²) >= 11 is 0. The van der Waals surface area contributed by atoms with Crippen molar-refractivity contribution in [3.8, 4) is 0 Å². The minimum absolute atomic E-state index is 0.0146. The van der Waals surface area contributed by atoms with E-state index >= 15 is 0 Å². The lowest BCUT2D eigenvalue weighted by Gasteiger charge is -2.35. The highest BCUT2D eigenvalue weighted by Gasteiger charge is 2.82. The minimum atomic E-state index is -6.99. The highest BCUT2D eigenvalue weighted by molar-refractivity contribution is 7.97. The van der Waals surface area contributed by atoms with Gasteiger partial charge in [-0.2, -0.15) is 39.1 Å². The van der Waals surface area contributed by atoms with Gasteiger partial charge in [-0.3, -0.25) is 4.55 Å². The maximum Gasteiger partial charge on any atom is 0.439 e. The lowest BCUT2D eigenvalue weighted by Crippen LogP contribution is -2.64. The van der Waals surface area contributed by atoms with Crippen LogP contribution in [0, 0.1) is 0 Å². The van der Waals surface area contributed by atoms with E-state index in [1.165, 1.54) is 21.1 Å². The summed E-state index contributed by atoms with van der Waals surface area (Å²) in [6.07, 6.45) is 3.30. The van der Waals surface area contributed by atoms with E-state index in [0.717, 1.165) is 25.9 Å². The zero-order valence-corrected chi connectivity index (χ0v) is 32.3. The quantitative estimate of drug-likeness (QED) is 0.139. The van der Waals surface area contributed by atoms with Gasteiger partial charge >= 0.3 is 32.6 Å². The fraction of sp³-hybridized carbons (Fsp3) is 0.457. The summed E-state index contributed by atoms with van der Waals surface area (Å²) in [5.41, 5.74) is -0.367. The average Bonchev–Trinajstić information content (AvgIpc) is 3.13. The Morgan fingerprint density at radius 2 is 1.06 bits per heavy atom. The monoisotopic (exact) mass is 828 g/mol. The van der Waals surface area contributed by atoms with Gasteiger partial charge in [-0.05, 0) is 76.4 Å².